The van der Waals surface area contributed by atoms with Gasteiger partial charge in [-0.2, -0.15) is 0 Å². The van der Waals surface area contributed by atoms with Crippen LogP contribution in [0, 0.1) is 11.6 Å². The molecule has 2 amide bonds. The van der Waals surface area contributed by atoms with Gasteiger partial charge < -0.3 is 30.0 Å². The number of carbonyl (C=O) groups is 2. The molecule has 3 aromatic carbocycles. The minimum absolute atomic E-state index is 0. The van der Waals surface area contributed by atoms with Crippen LogP contribution in [-0.2, 0) is 11.2 Å². The second kappa shape index (κ2) is 14.1. The van der Waals surface area contributed by atoms with Gasteiger partial charge in [0, 0.05) is 12.5 Å². The average molecular weight is 535 g/mol. The van der Waals surface area contributed by atoms with Crippen LogP contribution in [0.1, 0.15) is 37.8 Å². The van der Waals surface area contributed by atoms with Gasteiger partial charge in [-0.3, -0.25) is 0 Å². The summed E-state index contributed by atoms with van der Waals surface area (Å²) in [6.07, 6.45) is 0.0301. The van der Waals surface area contributed by atoms with Crippen LogP contribution in [-0.4, -0.2) is 30.8 Å². The number of hydrogen-bond acceptors (Lipinski definition) is 5. The van der Waals surface area contributed by atoms with Crippen molar-refractivity contribution in [3.05, 3.63) is 89.5 Å². The number of halogens is 2. The molecule has 0 spiro atoms. The van der Waals surface area contributed by atoms with Crippen LogP contribution in [0.3, 0.4) is 0 Å². The Balaban J connectivity index is 0.00000507. The minimum Gasteiger partial charge on any atom is -0.546 e. The summed E-state index contributed by atoms with van der Waals surface area (Å²) >= 11 is 0. The number of anilines is 1. The van der Waals surface area contributed by atoms with Crippen LogP contribution in [0.15, 0.2) is 66.7 Å². The smallest absolute Gasteiger partial charge is 0.546 e. The molecule has 10 heteroatoms. The molecule has 0 saturated heterocycles. The second-order valence-corrected chi connectivity index (χ2v) is 9.02. The Morgan fingerprint density at radius 1 is 1.00 bits per heavy atom. The zero-order valence-corrected chi connectivity index (χ0v) is 23.8. The number of carboxylic acids is 1. The molecule has 1 unspecified atom stereocenters. The molecule has 1 atom stereocenters. The molecule has 0 aliphatic heterocycles. The van der Waals surface area contributed by atoms with Crippen LogP contribution >= 0.6 is 0 Å². The first-order chi connectivity index (χ1) is 17.6. The number of ether oxygens (including phenoxy) is 2. The molecule has 38 heavy (non-hydrogen) atoms. The van der Waals surface area contributed by atoms with Gasteiger partial charge in [-0.1, -0.05) is 38.1 Å². The van der Waals surface area contributed by atoms with Crippen molar-refractivity contribution in [3.8, 4) is 11.5 Å². The standard InChI is InChI=1S/C28H30F2N2O5.Na/c1-18(2)20-7-10-22(11-8-20)37-28(3,26(33)34)17-19-5-4-6-23(15-19)36-14-13-31-27(35)32-25-12-9-21(29)16-24(25)30;/h4-12,15-16,18H,13-14,17H2,1-3H3,(H,33,34)(H2,31,32,35);/q;+1/p-1. The van der Waals surface area contributed by atoms with Gasteiger partial charge in [-0.15, -0.1) is 0 Å². The van der Waals surface area contributed by atoms with Crippen molar-refractivity contribution in [1.82, 2.24) is 5.32 Å². The second-order valence-electron chi connectivity index (χ2n) is 9.02. The predicted octanol–water partition coefficient (Wildman–Crippen LogP) is 1.42. The molecule has 3 aromatic rings. The number of amides is 2. The molecule has 7 nitrogen and oxygen atoms in total. The Bertz CT molecular complexity index is 1240. The third kappa shape index (κ3) is 9.01. The molecule has 3 rings (SSSR count). The molecule has 0 aliphatic carbocycles. The molecule has 0 saturated carbocycles. The van der Waals surface area contributed by atoms with E-state index in [0.717, 1.165) is 17.7 Å². The van der Waals surface area contributed by atoms with E-state index in [1.807, 2.05) is 12.1 Å². The molecular formula is C28H29F2N2NaO5. The van der Waals surface area contributed by atoms with Gasteiger partial charge in [-0.25, -0.2) is 13.6 Å². The summed E-state index contributed by atoms with van der Waals surface area (Å²) in [6, 6.07) is 16.3. The zero-order valence-electron chi connectivity index (χ0n) is 21.8. The number of hydrogen-bond donors (Lipinski definition) is 2. The molecule has 2 N–H and O–H groups in total. The molecule has 0 radical (unpaired) electrons. The Morgan fingerprint density at radius 3 is 2.34 bits per heavy atom. The first kappa shape index (κ1) is 31.1. The van der Waals surface area contributed by atoms with E-state index in [0.29, 0.717) is 29.0 Å². The van der Waals surface area contributed by atoms with Crippen molar-refractivity contribution in [3.63, 3.8) is 0 Å². The SMILES string of the molecule is CC(C)c1ccc(OC(C)(Cc2cccc(OCCNC(=O)Nc3ccc(F)cc3F)c2)C(=O)[O-])cc1.[Na+]. The number of urea groups is 1. The molecule has 0 aromatic heterocycles. The fourth-order valence-electron chi connectivity index (χ4n) is 3.56. The summed E-state index contributed by atoms with van der Waals surface area (Å²) in [5.41, 5.74) is -0.00300. The molecular weight excluding hydrogens is 505 g/mol. The van der Waals surface area contributed by atoms with Crippen molar-refractivity contribution in [1.29, 1.82) is 0 Å². The summed E-state index contributed by atoms with van der Waals surface area (Å²) < 4.78 is 38.1. The third-order valence-electron chi connectivity index (χ3n) is 5.60. The van der Waals surface area contributed by atoms with E-state index in [4.69, 9.17) is 9.47 Å². The number of carboxylic acid groups (broad SMARTS) is 1. The molecule has 196 valence electrons. The van der Waals surface area contributed by atoms with Gasteiger partial charge in [0.25, 0.3) is 0 Å². The van der Waals surface area contributed by atoms with Crippen molar-refractivity contribution in [2.75, 3.05) is 18.5 Å². The fraction of sp³-hybridized carbons (Fsp3) is 0.286. The van der Waals surface area contributed by atoms with Gasteiger partial charge in [0.2, 0.25) is 0 Å². The Hall–Kier alpha value is -3.14. The van der Waals surface area contributed by atoms with Gasteiger partial charge in [0.15, 0.2) is 0 Å². The van der Waals surface area contributed by atoms with Gasteiger partial charge >= 0.3 is 35.6 Å². The van der Waals surface area contributed by atoms with Gasteiger partial charge in [0.05, 0.1) is 18.2 Å². The van der Waals surface area contributed by atoms with Crippen molar-refractivity contribution in [2.45, 2.75) is 38.7 Å². The van der Waals surface area contributed by atoms with E-state index >= 15 is 0 Å². The summed E-state index contributed by atoms with van der Waals surface area (Å²) in [5.74, 6) is -1.75. The monoisotopic (exact) mass is 534 g/mol. The number of carbonyl (C=O) groups excluding carboxylic acids is 2. The zero-order chi connectivity index (χ0) is 27.0. The van der Waals surface area contributed by atoms with Crippen LogP contribution in [0.5, 0.6) is 11.5 Å². The molecule has 0 fully saturated rings. The summed E-state index contributed by atoms with van der Waals surface area (Å²) in [5, 5.41) is 16.8. The van der Waals surface area contributed by atoms with Crippen molar-refractivity contribution < 1.29 is 62.5 Å². The van der Waals surface area contributed by atoms with E-state index < -0.39 is 29.2 Å². The normalized spacial score (nSPS) is 12.2. The van der Waals surface area contributed by atoms with Crippen LogP contribution in [0.25, 0.3) is 0 Å². The van der Waals surface area contributed by atoms with E-state index in [-0.39, 0.29) is 54.8 Å². The fourth-order valence-corrected chi connectivity index (χ4v) is 3.56. The van der Waals surface area contributed by atoms with Gasteiger partial charge in [-0.05, 0) is 60.4 Å². The quantitative estimate of drug-likeness (QED) is 0.287. The maximum absolute atomic E-state index is 13.6. The Morgan fingerprint density at radius 2 is 1.71 bits per heavy atom. The largest absolute Gasteiger partial charge is 1.00 e. The minimum atomic E-state index is -1.62. The first-order valence-corrected chi connectivity index (χ1v) is 11.8. The summed E-state index contributed by atoms with van der Waals surface area (Å²) in [6.45, 7) is 5.79. The Labute approximate surface area is 242 Å². The van der Waals surface area contributed by atoms with Crippen LogP contribution < -0.4 is 54.8 Å². The van der Waals surface area contributed by atoms with Crippen LogP contribution in [0.2, 0.25) is 0 Å². The molecule has 0 aliphatic rings. The number of benzene rings is 3. The van der Waals surface area contributed by atoms with E-state index in [1.165, 1.54) is 6.92 Å². The van der Waals surface area contributed by atoms with E-state index in [2.05, 4.69) is 24.5 Å². The number of aliphatic carboxylic acids is 1. The Kier molecular flexibility index (Phi) is 11.6. The average Bonchev–Trinajstić information content (AvgIpc) is 2.84. The number of nitrogens with one attached hydrogen (secondary N) is 2. The van der Waals surface area contributed by atoms with Crippen LogP contribution in [0.4, 0.5) is 19.3 Å². The van der Waals surface area contributed by atoms with E-state index in [9.17, 15) is 23.5 Å². The van der Waals surface area contributed by atoms with Gasteiger partial charge in [0.1, 0.15) is 35.3 Å². The van der Waals surface area contributed by atoms with Crippen molar-refractivity contribution >= 4 is 17.7 Å². The summed E-state index contributed by atoms with van der Waals surface area (Å²) in [7, 11) is 0. The van der Waals surface area contributed by atoms with E-state index in [1.54, 1.807) is 36.4 Å². The topological polar surface area (TPSA) is 99.7 Å². The molecule has 0 heterocycles. The van der Waals surface area contributed by atoms with Crippen molar-refractivity contribution in [2.24, 2.45) is 0 Å². The maximum Gasteiger partial charge on any atom is 1.00 e. The first-order valence-electron chi connectivity index (χ1n) is 11.8. The molecule has 0 bridgehead atoms. The third-order valence-corrected chi connectivity index (χ3v) is 5.60. The summed E-state index contributed by atoms with van der Waals surface area (Å²) in [4.78, 5) is 23.9. The maximum atomic E-state index is 13.6. The predicted molar refractivity (Wildman–Crippen MR) is 134 cm³/mol. The number of rotatable bonds is 11.